The van der Waals surface area contributed by atoms with E-state index in [1.165, 1.54) is 23.9 Å². The Labute approximate surface area is 149 Å². The van der Waals surface area contributed by atoms with Gasteiger partial charge in [0.1, 0.15) is 5.82 Å². The van der Waals surface area contributed by atoms with Gasteiger partial charge in [0.2, 0.25) is 5.75 Å². The third-order valence-electron chi connectivity index (χ3n) is 3.30. The van der Waals surface area contributed by atoms with Crippen LogP contribution in [0.2, 0.25) is 0 Å². The molecule has 3 heterocycles. The molecule has 2 amide bonds. The predicted molar refractivity (Wildman–Crippen MR) is 91.4 cm³/mol. The van der Waals surface area contributed by atoms with Crippen molar-refractivity contribution < 1.29 is 24.2 Å². The fourth-order valence-corrected chi connectivity index (χ4v) is 2.83. The molecule has 0 spiro atoms. The summed E-state index contributed by atoms with van der Waals surface area (Å²) in [6.07, 6.45) is 2.98. The number of urea groups is 1. The van der Waals surface area contributed by atoms with E-state index in [1.807, 2.05) is 0 Å². The number of carboxylic acid groups (broad SMARTS) is 1. The summed E-state index contributed by atoms with van der Waals surface area (Å²) in [4.78, 5) is 40.9. The van der Waals surface area contributed by atoms with Crippen molar-refractivity contribution >= 4 is 29.0 Å². The normalized spacial score (nSPS) is 10.5. The average Bonchev–Trinajstić information content (AvgIpc) is 3.26. The van der Waals surface area contributed by atoms with Crippen LogP contribution in [0.3, 0.4) is 0 Å². The number of carbonyl (C=O) groups is 2. The number of thiophene rings is 1. The summed E-state index contributed by atoms with van der Waals surface area (Å²) in [5, 5.41) is 26.9. The van der Waals surface area contributed by atoms with Crippen molar-refractivity contribution in [2.45, 2.75) is 6.54 Å². The zero-order valence-corrected chi connectivity index (χ0v) is 13.8. The molecule has 0 unspecified atom stereocenters. The Bertz CT molecular complexity index is 1010. The molecule has 3 rings (SSSR count). The molecule has 26 heavy (non-hydrogen) atoms. The minimum Gasteiger partial charge on any atom is -0.501 e. The van der Waals surface area contributed by atoms with Crippen LogP contribution in [0.15, 0.2) is 38.6 Å². The van der Waals surface area contributed by atoms with Crippen LogP contribution in [0, 0.1) is 0 Å². The van der Waals surface area contributed by atoms with Crippen LogP contribution in [-0.4, -0.2) is 32.2 Å². The van der Waals surface area contributed by atoms with Crippen LogP contribution in [0.1, 0.15) is 16.1 Å². The number of nitrogens with zero attached hydrogens (tertiary/aromatic N) is 1. The zero-order chi connectivity index (χ0) is 18.7. The highest BCUT2D eigenvalue weighted by Crippen LogP contribution is 2.29. The van der Waals surface area contributed by atoms with Gasteiger partial charge in [-0.3, -0.25) is 4.79 Å². The van der Waals surface area contributed by atoms with Gasteiger partial charge in [0.25, 0.3) is 5.56 Å². The molecule has 0 saturated heterocycles. The van der Waals surface area contributed by atoms with E-state index < -0.39 is 29.0 Å². The summed E-state index contributed by atoms with van der Waals surface area (Å²) in [5.74, 6) is -2.61. The number of anilines is 1. The number of aromatic nitrogens is 2. The lowest BCUT2D eigenvalue weighted by Gasteiger charge is -2.08. The molecule has 134 valence electrons. The molecule has 5 N–H and O–H groups in total. The van der Waals surface area contributed by atoms with E-state index in [9.17, 15) is 19.5 Å². The number of carbonyl (C=O) groups excluding carboxylic acids is 1. The highest BCUT2D eigenvalue weighted by molar-refractivity contribution is 7.08. The van der Waals surface area contributed by atoms with Crippen LogP contribution >= 0.6 is 11.3 Å². The van der Waals surface area contributed by atoms with Crippen molar-refractivity contribution in [2.24, 2.45) is 0 Å². The maximum atomic E-state index is 12.0. The maximum absolute atomic E-state index is 12.0. The van der Waals surface area contributed by atoms with Crippen molar-refractivity contribution in [2.75, 3.05) is 5.32 Å². The summed E-state index contributed by atoms with van der Waals surface area (Å²) in [5.41, 5.74) is -0.349. The number of carboxylic acids is 1. The number of hydrogen-bond acceptors (Lipinski definition) is 7. The Kier molecular flexibility index (Phi) is 4.71. The van der Waals surface area contributed by atoms with Gasteiger partial charge in [-0.05, 0) is 6.07 Å². The molecule has 11 heteroatoms. The smallest absolute Gasteiger partial charge is 0.358 e. The molecule has 3 aromatic rings. The van der Waals surface area contributed by atoms with Gasteiger partial charge in [0.15, 0.2) is 5.69 Å². The third-order valence-corrected chi connectivity index (χ3v) is 4.04. The standard InChI is InChI=1S/C15H12N4O6S/c20-11-10(14(22)23)18-12(19-13(11)21)8-5-26-6-9(8)17-15(24)16-3-7-1-2-25-4-7/h1-2,4-6,20H,3H2,(H,22,23)(H2,16,17,24)(H,18,19,21). The summed E-state index contributed by atoms with van der Waals surface area (Å²) in [7, 11) is 0. The van der Waals surface area contributed by atoms with Crippen LogP contribution in [0.25, 0.3) is 11.4 Å². The highest BCUT2D eigenvalue weighted by Gasteiger charge is 2.19. The minimum atomic E-state index is -1.54. The fraction of sp³-hybridized carbons (Fsp3) is 0.0667. The molecule has 0 atom stereocenters. The Balaban J connectivity index is 1.81. The SMILES string of the molecule is O=C(NCc1ccoc1)Nc1cscc1-c1nc(C(=O)O)c(O)c(=O)[nH]1. The van der Waals surface area contributed by atoms with Crippen molar-refractivity contribution in [3.05, 3.63) is 51.0 Å². The number of furan rings is 1. The van der Waals surface area contributed by atoms with E-state index in [0.29, 0.717) is 11.3 Å². The van der Waals surface area contributed by atoms with Crippen LogP contribution in [0.4, 0.5) is 10.5 Å². The molecule has 0 aromatic carbocycles. The van der Waals surface area contributed by atoms with Crippen molar-refractivity contribution in [1.29, 1.82) is 0 Å². The minimum absolute atomic E-state index is 0.0865. The zero-order valence-electron chi connectivity index (χ0n) is 13.0. The van der Waals surface area contributed by atoms with Gasteiger partial charge in [-0.25, -0.2) is 14.6 Å². The second-order valence-corrected chi connectivity index (χ2v) is 5.80. The van der Waals surface area contributed by atoms with Gasteiger partial charge in [0, 0.05) is 22.9 Å². The fourth-order valence-electron chi connectivity index (χ4n) is 2.06. The average molecular weight is 376 g/mol. The Hall–Kier alpha value is -3.60. The Morgan fingerprint density at radius 3 is 2.85 bits per heavy atom. The van der Waals surface area contributed by atoms with E-state index in [0.717, 1.165) is 5.56 Å². The first-order chi connectivity index (χ1) is 12.5. The molecule has 0 aliphatic heterocycles. The van der Waals surface area contributed by atoms with E-state index in [4.69, 9.17) is 9.52 Å². The van der Waals surface area contributed by atoms with Gasteiger partial charge in [0.05, 0.1) is 23.8 Å². The number of aromatic hydroxyl groups is 1. The van der Waals surface area contributed by atoms with E-state index in [2.05, 4.69) is 20.6 Å². The summed E-state index contributed by atoms with van der Waals surface area (Å²) in [6, 6.07) is 1.19. The molecular weight excluding hydrogens is 364 g/mol. The van der Waals surface area contributed by atoms with Gasteiger partial charge < -0.3 is 30.2 Å². The van der Waals surface area contributed by atoms with Crippen molar-refractivity contribution in [3.8, 4) is 17.1 Å². The number of hydrogen-bond donors (Lipinski definition) is 5. The predicted octanol–water partition coefficient (Wildman–Crippen LogP) is 1.82. The molecule has 0 aliphatic rings. The first-order valence-corrected chi connectivity index (χ1v) is 8.09. The highest BCUT2D eigenvalue weighted by atomic mass is 32.1. The molecular formula is C15H12N4O6S. The van der Waals surface area contributed by atoms with Crippen molar-refractivity contribution in [3.63, 3.8) is 0 Å². The number of aromatic carboxylic acids is 1. The first-order valence-electron chi connectivity index (χ1n) is 7.14. The summed E-state index contributed by atoms with van der Waals surface area (Å²) < 4.78 is 4.90. The van der Waals surface area contributed by atoms with E-state index in [-0.39, 0.29) is 12.4 Å². The topological polar surface area (TPSA) is 158 Å². The van der Waals surface area contributed by atoms with Crippen LogP contribution < -0.4 is 16.2 Å². The molecule has 10 nitrogen and oxygen atoms in total. The number of amides is 2. The van der Waals surface area contributed by atoms with E-state index in [1.54, 1.807) is 16.8 Å². The van der Waals surface area contributed by atoms with Gasteiger partial charge in [-0.1, -0.05) is 0 Å². The van der Waals surface area contributed by atoms with Crippen LogP contribution in [0.5, 0.6) is 5.75 Å². The first kappa shape index (κ1) is 17.2. The third kappa shape index (κ3) is 3.57. The van der Waals surface area contributed by atoms with Gasteiger partial charge in [-0.2, -0.15) is 0 Å². The van der Waals surface area contributed by atoms with E-state index >= 15 is 0 Å². The lowest BCUT2D eigenvalue weighted by atomic mass is 10.2. The summed E-state index contributed by atoms with van der Waals surface area (Å²) in [6.45, 7) is 0.249. The second kappa shape index (κ2) is 7.11. The van der Waals surface area contributed by atoms with Gasteiger partial charge in [-0.15, -0.1) is 11.3 Å². The summed E-state index contributed by atoms with van der Waals surface area (Å²) >= 11 is 1.21. The molecule has 0 fully saturated rings. The molecule has 0 aliphatic carbocycles. The number of nitrogens with one attached hydrogen (secondary N) is 3. The quantitative estimate of drug-likeness (QED) is 0.454. The molecule has 0 radical (unpaired) electrons. The number of aromatic amines is 1. The number of rotatable bonds is 5. The molecule has 0 saturated carbocycles. The lowest BCUT2D eigenvalue weighted by molar-refractivity contribution is 0.0686. The second-order valence-electron chi connectivity index (χ2n) is 5.06. The molecule has 0 bridgehead atoms. The Morgan fingerprint density at radius 2 is 2.15 bits per heavy atom. The Morgan fingerprint density at radius 1 is 1.35 bits per heavy atom. The van der Waals surface area contributed by atoms with Gasteiger partial charge >= 0.3 is 12.0 Å². The molecule has 3 aromatic heterocycles. The maximum Gasteiger partial charge on any atom is 0.358 e. The lowest BCUT2D eigenvalue weighted by Crippen LogP contribution is -2.28. The van der Waals surface area contributed by atoms with Crippen molar-refractivity contribution in [1.82, 2.24) is 15.3 Å². The van der Waals surface area contributed by atoms with Crippen LogP contribution in [-0.2, 0) is 6.54 Å². The monoisotopic (exact) mass is 376 g/mol. The largest absolute Gasteiger partial charge is 0.501 e. The number of H-pyrrole nitrogens is 1.